The van der Waals surface area contributed by atoms with Crippen LogP contribution >= 0.6 is 0 Å². The first kappa shape index (κ1) is 13.5. The van der Waals surface area contributed by atoms with Gasteiger partial charge in [-0.15, -0.1) is 0 Å². The van der Waals surface area contributed by atoms with Crippen LogP contribution in [0.1, 0.15) is 24.2 Å². The Bertz CT molecular complexity index is 411. The number of nitrogens with zero attached hydrogens (tertiary/aromatic N) is 1. The van der Waals surface area contributed by atoms with E-state index in [1.807, 2.05) is 6.92 Å². The normalized spacial score (nSPS) is 23.0. The van der Waals surface area contributed by atoms with Crippen LogP contribution in [0.4, 0.5) is 4.39 Å². The van der Waals surface area contributed by atoms with Gasteiger partial charge in [-0.3, -0.25) is 4.90 Å². The number of likely N-dealkylation sites (N-methyl/N-ethyl adjacent to an activating group) is 1. The second-order valence-electron chi connectivity index (χ2n) is 4.75. The summed E-state index contributed by atoms with van der Waals surface area (Å²) in [6.45, 7) is 7.09. The highest BCUT2D eigenvalue weighted by Gasteiger charge is 2.28. The quantitative estimate of drug-likeness (QED) is 0.893. The minimum absolute atomic E-state index is 0.279. The third-order valence-electron chi connectivity index (χ3n) is 3.54. The van der Waals surface area contributed by atoms with Crippen LogP contribution in [0, 0.1) is 12.7 Å². The van der Waals surface area contributed by atoms with Crippen LogP contribution in [-0.4, -0.2) is 42.4 Å². The monoisotopic (exact) mass is 253 g/mol. The molecule has 1 saturated heterocycles. The molecule has 1 fully saturated rings. The van der Waals surface area contributed by atoms with Crippen LogP contribution in [0.25, 0.3) is 0 Å². The molecule has 1 N–H and O–H groups in total. The van der Waals surface area contributed by atoms with Crippen molar-refractivity contribution in [3.8, 4) is 0 Å². The molecule has 2 unspecified atom stereocenters. The van der Waals surface area contributed by atoms with Gasteiger partial charge >= 0.3 is 0 Å². The van der Waals surface area contributed by atoms with Gasteiger partial charge in [0.1, 0.15) is 18.0 Å². The molecule has 100 valence electrons. The first-order chi connectivity index (χ1) is 8.61. The van der Waals surface area contributed by atoms with E-state index in [-0.39, 0.29) is 11.9 Å². The minimum atomic E-state index is -0.768. The predicted octanol–water partition coefficient (Wildman–Crippen LogP) is 1.89. The Morgan fingerprint density at radius 1 is 1.56 bits per heavy atom. The number of halogens is 1. The Hall–Kier alpha value is -0.970. The second kappa shape index (κ2) is 5.78. The van der Waals surface area contributed by atoms with E-state index in [2.05, 4.69) is 11.8 Å². The van der Waals surface area contributed by atoms with E-state index in [1.165, 1.54) is 12.1 Å². The fourth-order valence-electron chi connectivity index (χ4n) is 2.34. The highest BCUT2D eigenvalue weighted by Crippen LogP contribution is 2.25. The molecule has 1 aromatic rings. The average Bonchev–Trinajstić information content (AvgIpc) is 2.41. The van der Waals surface area contributed by atoms with Crippen molar-refractivity contribution in [2.75, 3.05) is 26.2 Å². The maximum atomic E-state index is 13.3. The summed E-state index contributed by atoms with van der Waals surface area (Å²) in [4.78, 5) is 2.23. The molecule has 18 heavy (non-hydrogen) atoms. The van der Waals surface area contributed by atoms with Crippen LogP contribution in [0.5, 0.6) is 0 Å². The van der Waals surface area contributed by atoms with E-state index in [9.17, 15) is 9.50 Å². The van der Waals surface area contributed by atoms with Crippen molar-refractivity contribution in [3.05, 3.63) is 35.1 Å². The number of morpholine rings is 1. The highest BCUT2D eigenvalue weighted by molar-refractivity contribution is 5.29. The standard InChI is InChI=1S/C14H20FNO2/c1-3-16-6-7-18-13(9-16)14(17)12-8-11(15)5-4-10(12)2/h4-5,8,13-14,17H,3,6-7,9H2,1-2H3. The Labute approximate surface area is 107 Å². The molecule has 1 aliphatic heterocycles. The summed E-state index contributed by atoms with van der Waals surface area (Å²) < 4.78 is 18.9. The first-order valence-corrected chi connectivity index (χ1v) is 6.40. The summed E-state index contributed by atoms with van der Waals surface area (Å²) in [5.41, 5.74) is 1.51. The summed E-state index contributed by atoms with van der Waals surface area (Å²) in [6, 6.07) is 4.49. The predicted molar refractivity (Wildman–Crippen MR) is 68.0 cm³/mol. The van der Waals surface area contributed by atoms with Crippen molar-refractivity contribution in [1.29, 1.82) is 0 Å². The molecule has 2 rings (SSSR count). The number of ether oxygens (including phenoxy) is 1. The molecule has 1 aromatic carbocycles. The number of rotatable bonds is 3. The van der Waals surface area contributed by atoms with Gasteiger partial charge in [-0.25, -0.2) is 4.39 Å². The lowest BCUT2D eigenvalue weighted by Crippen LogP contribution is -2.44. The molecular formula is C14H20FNO2. The Balaban J connectivity index is 2.14. The van der Waals surface area contributed by atoms with Gasteiger partial charge in [-0.05, 0) is 36.7 Å². The van der Waals surface area contributed by atoms with Crippen molar-refractivity contribution in [2.45, 2.75) is 26.1 Å². The Morgan fingerprint density at radius 2 is 2.33 bits per heavy atom. The van der Waals surface area contributed by atoms with Crippen LogP contribution in [0.15, 0.2) is 18.2 Å². The van der Waals surface area contributed by atoms with Gasteiger partial charge in [0.2, 0.25) is 0 Å². The molecule has 2 atom stereocenters. The first-order valence-electron chi connectivity index (χ1n) is 6.40. The molecule has 0 saturated carbocycles. The van der Waals surface area contributed by atoms with Crippen LogP contribution in [0.2, 0.25) is 0 Å². The molecule has 0 bridgehead atoms. The number of aryl methyl sites for hydroxylation is 1. The van der Waals surface area contributed by atoms with Gasteiger partial charge in [0.05, 0.1) is 6.61 Å². The number of hydrogen-bond acceptors (Lipinski definition) is 3. The van der Waals surface area contributed by atoms with E-state index in [0.29, 0.717) is 18.7 Å². The smallest absolute Gasteiger partial charge is 0.123 e. The number of benzene rings is 1. The lowest BCUT2D eigenvalue weighted by atomic mass is 9.98. The molecule has 0 spiro atoms. The third kappa shape index (κ3) is 2.88. The van der Waals surface area contributed by atoms with Crippen molar-refractivity contribution >= 4 is 0 Å². The number of aliphatic hydroxyl groups excluding tert-OH is 1. The second-order valence-corrected chi connectivity index (χ2v) is 4.75. The minimum Gasteiger partial charge on any atom is -0.386 e. The van der Waals surface area contributed by atoms with Crippen molar-refractivity contribution in [1.82, 2.24) is 4.90 Å². The molecule has 1 aliphatic rings. The number of hydrogen-bond donors (Lipinski definition) is 1. The SMILES string of the molecule is CCN1CCOC(C(O)c2cc(F)ccc2C)C1. The molecule has 0 amide bonds. The molecule has 1 heterocycles. The Morgan fingerprint density at radius 3 is 3.06 bits per heavy atom. The van der Waals surface area contributed by atoms with Gasteiger partial charge in [0, 0.05) is 13.1 Å². The zero-order chi connectivity index (χ0) is 13.1. The van der Waals surface area contributed by atoms with Gasteiger partial charge in [-0.1, -0.05) is 13.0 Å². The van der Waals surface area contributed by atoms with E-state index in [1.54, 1.807) is 6.07 Å². The summed E-state index contributed by atoms with van der Waals surface area (Å²) in [6.07, 6.45) is -1.05. The maximum absolute atomic E-state index is 13.3. The molecule has 3 nitrogen and oxygen atoms in total. The molecule has 0 radical (unpaired) electrons. The highest BCUT2D eigenvalue weighted by atomic mass is 19.1. The molecule has 4 heteroatoms. The van der Waals surface area contributed by atoms with Gasteiger partial charge < -0.3 is 9.84 Å². The lowest BCUT2D eigenvalue weighted by molar-refractivity contribution is -0.0891. The third-order valence-corrected chi connectivity index (χ3v) is 3.54. The lowest BCUT2D eigenvalue weighted by Gasteiger charge is -2.35. The summed E-state index contributed by atoms with van der Waals surface area (Å²) >= 11 is 0. The largest absolute Gasteiger partial charge is 0.386 e. The Kier molecular flexibility index (Phi) is 4.32. The fraction of sp³-hybridized carbons (Fsp3) is 0.571. The van der Waals surface area contributed by atoms with E-state index >= 15 is 0 Å². The van der Waals surface area contributed by atoms with Crippen LogP contribution in [-0.2, 0) is 4.74 Å². The summed E-state index contributed by atoms with van der Waals surface area (Å²) in [5, 5.41) is 10.3. The van der Waals surface area contributed by atoms with Gasteiger partial charge in [0.15, 0.2) is 0 Å². The van der Waals surface area contributed by atoms with Crippen molar-refractivity contribution in [2.24, 2.45) is 0 Å². The van der Waals surface area contributed by atoms with Crippen molar-refractivity contribution in [3.63, 3.8) is 0 Å². The zero-order valence-electron chi connectivity index (χ0n) is 10.9. The fourth-order valence-corrected chi connectivity index (χ4v) is 2.34. The van der Waals surface area contributed by atoms with Gasteiger partial charge in [-0.2, -0.15) is 0 Å². The summed E-state index contributed by atoms with van der Waals surface area (Å²) in [5.74, 6) is -0.321. The van der Waals surface area contributed by atoms with Gasteiger partial charge in [0.25, 0.3) is 0 Å². The topological polar surface area (TPSA) is 32.7 Å². The average molecular weight is 253 g/mol. The van der Waals surface area contributed by atoms with E-state index < -0.39 is 6.10 Å². The van der Waals surface area contributed by atoms with Crippen LogP contribution in [0.3, 0.4) is 0 Å². The van der Waals surface area contributed by atoms with E-state index in [4.69, 9.17) is 4.74 Å². The van der Waals surface area contributed by atoms with Crippen LogP contribution < -0.4 is 0 Å². The number of aliphatic hydroxyl groups is 1. The molecule has 0 aliphatic carbocycles. The maximum Gasteiger partial charge on any atom is 0.123 e. The molecular weight excluding hydrogens is 233 g/mol. The molecule has 0 aromatic heterocycles. The summed E-state index contributed by atoms with van der Waals surface area (Å²) in [7, 11) is 0. The zero-order valence-corrected chi connectivity index (χ0v) is 10.9. The van der Waals surface area contributed by atoms with E-state index in [0.717, 1.165) is 18.7 Å². The van der Waals surface area contributed by atoms with Crippen molar-refractivity contribution < 1.29 is 14.2 Å².